The summed E-state index contributed by atoms with van der Waals surface area (Å²) in [7, 11) is 0. The van der Waals surface area contributed by atoms with Crippen LogP contribution in [0.1, 0.15) is 26.2 Å². The highest BCUT2D eigenvalue weighted by molar-refractivity contribution is 6.29. The fourth-order valence-electron chi connectivity index (χ4n) is 2.27. The monoisotopic (exact) mass is 224 g/mol. The lowest BCUT2D eigenvalue weighted by Gasteiger charge is -2.16. The van der Waals surface area contributed by atoms with E-state index in [9.17, 15) is 0 Å². The molecule has 0 amide bonds. The van der Waals surface area contributed by atoms with Crippen LogP contribution in [-0.4, -0.2) is 11.5 Å². The van der Waals surface area contributed by atoms with E-state index in [0.717, 1.165) is 24.2 Å². The predicted octanol–water partition coefficient (Wildman–Crippen LogP) is 3.58. The van der Waals surface area contributed by atoms with Gasteiger partial charge in [0.2, 0.25) is 0 Å². The zero-order chi connectivity index (χ0) is 10.7. The summed E-state index contributed by atoms with van der Waals surface area (Å²) in [4.78, 5) is 4.21. The van der Waals surface area contributed by atoms with E-state index < -0.39 is 0 Å². The third kappa shape index (κ3) is 2.85. The molecule has 1 heterocycles. The van der Waals surface area contributed by atoms with E-state index in [0.29, 0.717) is 5.15 Å². The van der Waals surface area contributed by atoms with Gasteiger partial charge in [-0.15, -0.1) is 0 Å². The summed E-state index contributed by atoms with van der Waals surface area (Å²) in [6, 6.07) is 5.69. The van der Waals surface area contributed by atoms with Gasteiger partial charge in [-0.05, 0) is 30.4 Å². The first-order valence-corrected chi connectivity index (χ1v) is 6.00. The van der Waals surface area contributed by atoms with E-state index in [1.54, 1.807) is 6.07 Å². The molecule has 2 rings (SSSR count). The fraction of sp³-hybridized carbons (Fsp3) is 0.583. The van der Waals surface area contributed by atoms with Crippen LogP contribution in [0.3, 0.4) is 0 Å². The van der Waals surface area contributed by atoms with Gasteiger partial charge in [0.25, 0.3) is 0 Å². The first kappa shape index (κ1) is 10.7. The molecule has 1 aliphatic rings. The summed E-state index contributed by atoms with van der Waals surface area (Å²) in [5.74, 6) is 2.53. The molecule has 0 aromatic carbocycles. The first-order valence-electron chi connectivity index (χ1n) is 5.62. The second-order valence-corrected chi connectivity index (χ2v) is 4.78. The van der Waals surface area contributed by atoms with Crippen LogP contribution in [0.15, 0.2) is 18.2 Å². The Morgan fingerprint density at radius 2 is 2.33 bits per heavy atom. The van der Waals surface area contributed by atoms with Gasteiger partial charge in [0.1, 0.15) is 11.0 Å². The molecule has 2 atom stereocenters. The Labute approximate surface area is 96.1 Å². The van der Waals surface area contributed by atoms with E-state index in [1.165, 1.54) is 19.3 Å². The van der Waals surface area contributed by atoms with Gasteiger partial charge in [-0.25, -0.2) is 4.98 Å². The second-order valence-electron chi connectivity index (χ2n) is 4.39. The van der Waals surface area contributed by atoms with Crippen molar-refractivity contribution in [2.24, 2.45) is 11.8 Å². The van der Waals surface area contributed by atoms with Crippen LogP contribution in [-0.2, 0) is 0 Å². The molecule has 0 radical (unpaired) electrons. The largest absolute Gasteiger partial charge is 0.370 e. The normalized spacial score (nSPS) is 25.5. The molecule has 1 aliphatic carbocycles. The van der Waals surface area contributed by atoms with Gasteiger partial charge in [-0.1, -0.05) is 37.4 Å². The predicted molar refractivity (Wildman–Crippen MR) is 64.2 cm³/mol. The number of hydrogen-bond acceptors (Lipinski definition) is 2. The maximum absolute atomic E-state index is 5.82. The van der Waals surface area contributed by atoms with Gasteiger partial charge in [0, 0.05) is 6.54 Å². The molecule has 0 saturated heterocycles. The van der Waals surface area contributed by atoms with E-state index in [-0.39, 0.29) is 0 Å². The average molecular weight is 225 g/mol. The summed E-state index contributed by atoms with van der Waals surface area (Å²) in [6.45, 7) is 3.36. The Bertz CT molecular complexity index is 327. The number of aromatic nitrogens is 1. The van der Waals surface area contributed by atoms with Crippen molar-refractivity contribution in [3.63, 3.8) is 0 Å². The standard InChI is InChI=1S/C12H17ClN2/c1-9-4-2-5-10(9)8-14-12-7-3-6-11(13)15-12/h3,6-7,9-10H,2,4-5,8H2,1H3,(H,14,15). The summed E-state index contributed by atoms with van der Waals surface area (Å²) < 4.78 is 0. The SMILES string of the molecule is CC1CCCC1CNc1cccc(Cl)n1. The van der Waals surface area contributed by atoms with E-state index >= 15 is 0 Å². The van der Waals surface area contributed by atoms with Crippen LogP contribution >= 0.6 is 11.6 Å². The third-order valence-corrected chi connectivity index (χ3v) is 3.51. The number of nitrogens with one attached hydrogen (secondary N) is 1. The molecule has 2 nitrogen and oxygen atoms in total. The zero-order valence-corrected chi connectivity index (χ0v) is 9.80. The maximum atomic E-state index is 5.82. The van der Waals surface area contributed by atoms with Crippen molar-refractivity contribution in [2.45, 2.75) is 26.2 Å². The molecule has 1 aromatic rings. The van der Waals surface area contributed by atoms with E-state index in [1.807, 2.05) is 12.1 Å². The molecule has 0 spiro atoms. The lowest BCUT2D eigenvalue weighted by molar-refractivity contribution is 0.439. The number of nitrogens with zero attached hydrogens (tertiary/aromatic N) is 1. The number of halogens is 1. The van der Waals surface area contributed by atoms with Crippen LogP contribution in [0.5, 0.6) is 0 Å². The van der Waals surface area contributed by atoms with Gasteiger partial charge in [-0.2, -0.15) is 0 Å². The molecular formula is C12H17ClN2. The third-order valence-electron chi connectivity index (χ3n) is 3.30. The molecule has 3 heteroatoms. The molecular weight excluding hydrogens is 208 g/mol. The van der Waals surface area contributed by atoms with Crippen molar-refractivity contribution in [3.8, 4) is 0 Å². The minimum absolute atomic E-state index is 0.555. The Kier molecular flexibility index (Phi) is 3.47. The van der Waals surface area contributed by atoms with Gasteiger partial charge in [0.05, 0.1) is 0 Å². The number of pyridine rings is 1. The Morgan fingerprint density at radius 3 is 3.00 bits per heavy atom. The number of rotatable bonds is 3. The van der Waals surface area contributed by atoms with Crippen molar-refractivity contribution in [1.29, 1.82) is 0 Å². The van der Waals surface area contributed by atoms with Gasteiger partial charge >= 0.3 is 0 Å². The second kappa shape index (κ2) is 4.84. The van der Waals surface area contributed by atoms with Crippen LogP contribution in [0.25, 0.3) is 0 Å². The lowest BCUT2D eigenvalue weighted by atomic mass is 9.98. The van der Waals surface area contributed by atoms with Gasteiger partial charge < -0.3 is 5.32 Å². The van der Waals surface area contributed by atoms with Crippen molar-refractivity contribution in [2.75, 3.05) is 11.9 Å². The molecule has 1 fully saturated rings. The highest BCUT2D eigenvalue weighted by Crippen LogP contribution is 2.31. The summed E-state index contributed by atoms with van der Waals surface area (Å²) in [5.41, 5.74) is 0. The van der Waals surface area contributed by atoms with Gasteiger partial charge in [-0.3, -0.25) is 0 Å². The fourth-order valence-corrected chi connectivity index (χ4v) is 2.43. The van der Waals surface area contributed by atoms with Crippen molar-refractivity contribution in [1.82, 2.24) is 4.98 Å². The van der Waals surface area contributed by atoms with E-state index in [4.69, 9.17) is 11.6 Å². The molecule has 0 bridgehead atoms. The average Bonchev–Trinajstić information content (AvgIpc) is 2.61. The molecule has 1 saturated carbocycles. The van der Waals surface area contributed by atoms with Crippen LogP contribution in [0.4, 0.5) is 5.82 Å². The highest BCUT2D eigenvalue weighted by Gasteiger charge is 2.22. The van der Waals surface area contributed by atoms with Crippen molar-refractivity contribution < 1.29 is 0 Å². The van der Waals surface area contributed by atoms with Crippen LogP contribution in [0.2, 0.25) is 5.15 Å². The van der Waals surface area contributed by atoms with Crippen molar-refractivity contribution in [3.05, 3.63) is 23.4 Å². The molecule has 1 aromatic heterocycles. The number of hydrogen-bond donors (Lipinski definition) is 1. The summed E-state index contributed by atoms with van der Waals surface area (Å²) in [6.07, 6.45) is 4.08. The summed E-state index contributed by atoms with van der Waals surface area (Å²) >= 11 is 5.82. The number of anilines is 1. The molecule has 82 valence electrons. The smallest absolute Gasteiger partial charge is 0.131 e. The Hall–Kier alpha value is -0.760. The summed E-state index contributed by atoms with van der Waals surface area (Å²) in [5, 5.41) is 3.92. The van der Waals surface area contributed by atoms with Crippen LogP contribution < -0.4 is 5.32 Å². The topological polar surface area (TPSA) is 24.9 Å². The minimum Gasteiger partial charge on any atom is -0.370 e. The first-order chi connectivity index (χ1) is 7.25. The molecule has 0 aliphatic heterocycles. The zero-order valence-electron chi connectivity index (χ0n) is 9.04. The van der Waals surface area contributed by atoms with Crippen molar-refractivity contribution >= 4 is 17.4 Å². The Morgan fingerprint density at radius 1 is 1.47 bits per heavy atom. The minimum atomic E-state index is 0.555. The maximum Gasteiger partial charge on any atom is 0.131 e. The lowest BCUT2D eigenvalue weighted by Crippen LogP contribution is -2.16. The quantitative estimate of drug-likeness (QED) is 0.794. The molecule has 2 unspecified atom stereocenters. The highest BCUT2D eigenvalue weighted by atomic mass is 35.5. The van der Waals surface area contributed by atoms with E-state index in [2.05, 4.69) is 17.2 Å². The molecule has 15 heavy (non-hydrogen) atoms. The van der Waals surface area contributed by atoms with Crippen LogP contribution in [0, 0.1) is 11.8 Å². The molecule has 1 N–H and O–H groups in total. The van der Waals surface area contributed by atoms with Gasteiger partial charge in [0.15, 0.2) is 0 Å². The Balaban J connectivity index is 1.87.